The van der Waals surface area contributed by atoms with Crippen molar-refractivity contribution in [2.45, 2.75) is 132 Å². The Balaban J connectivity index is -0.000000442. The van der Waals surface area contributed by atoms with Gasteiger partial charge in [-0.3, -0.25) is 0 Å². The summed E-state index contributed by atoms with van der Waals surface area (Å²) in [6.07, 6.45) is 6.13. The smallest absolute Gasteiger partial charge is 0.100 e. The Morgan fingerprint density at radius 1 is 0.385 bits per heavy atom. The number of hydrogen-bond acceptors (Lipinski definition) is 4. The molecule has 344 valence electrons. The maximum atomic E-state index is 4.58. The molecule has 0 spiro atoms. The van der Waals surface area contributed by atoms with Gasteiger partial charge in [0.25, 0.3) is 0 Å². The number of nitrogens with zero attached hydrogens (tertiary/aromatic N) is 4. The Morgan fingerprint density at radius 3 is 1.20 bits per heavy atom. The Hall–Kier alpha value is -3.79. The molecule has 0 aliphatic carbocycles. The van der Waals surface area contributed by atoms with Gasteiger partial charge in [0.1, 0.15) is 5.36 Å². The first kappa shape index (κ1) is 67.8. The second-order valence-electron chi connectivity index (χ2n) is 12.3. The van der Waals surface area contributed by atoms with Crippen LogP contribution in [0.1, 0.15) is 143 Å². The Kier molecular flexibility index (Phi) is 44.7. The quantitative estimate of drug-likeness (QED) is 0.0937. The van der Waals surface area contributed by atoms with Crippen LogP contribution in [0.2, 0.25) is 0 Å². The van der Waals surface area contributed by atoms with E-state index < -0.39 is 0 Å². The fraction of sp³-hybridized carbons (Fsp3) is 0.322. The van der Waals surface area contributed by atoms with Crippen LogP contribution in [-0.2, 0) is 65.4 Å². The Labute approximate surface area is 447 Å². The van der Waals surface area contributed by atoms with Crippen molar-refractivity contribution in [2.24, 2.45) is 20.4 Å². The normalized spacial score (nSPS) is 9.49. The molecule has 0 atom stereocenters. The van der Waals surface area contributed by atoms with Crippen molar-refractivity contribution in [3.05, 3.63) is 184 Å². The van der Waals surface area contributed by atoms with Crippen LogP contribution in [0.4, 0.5) is 0 Å². The van der Waals surface area contributed by atoms with Crippen LogP contribution < -0.4 is 5.36 Å². The van der Waals surface area contributed by atoms with E-state index in [9.17, 15) is 0 Å². The first-order chi connectivity index (χ1) is 30.9. The minimum atomic E-state index is 0. The first-order valence-corrected chi connectivity index (χ1v) is 23.4. The van der Waals surface area contributed by atoms with Crippen LogP contribution in [-0.4, -0.2) is 18.1 Å². The average Bonchev–Trinajstić information content (AvgIpc) is 3.52. The van der Waals surface area contributed by atoms with Gasteiger partial charge in [0, 0.05) is 76.2 Å². The molecule has 0 saturated heterocycles. The summed E-state index contributed by atoms with van der Waals surface area (Å²) in [5.74, 6) is 0. The Bertz CT molecular complexity index is 2400. The fourth-order valence-corrected chi connectivity index (χ4v) is 5.62. The zero-order valence-corrected chi connectivity index (χ0v) is 49.4. The zero-order valence-electron chi connectivity index (χ0n) is 43.7. The van der Waals surface area contributed by atoms with Gasteiger partial charge in [0.05, 0.1) is 5.71 Å². The maximum absolute atomic E-state index is 4.58. The van der Waals surface area contributed by atoms with E-state index in [1.54, 1.807) is 0 Å². The zero-order chi connectivity index (χ0) is 48.2. The number of rotatable bonds is 5. The standard InChI is InChI=1S/C24H19N2.C21H19N2.7C2H6.2Y/c1-17-11-12-18(2)21(15-17)16-25-26-24-22-9-5-3-7-19(22)13-14-20-8-4-6-10-23(20)24;1-15-8-9-16(2)21(12-15)14-22-23-17(3)19-11-10-18-6-4-5-7-20(18)13-19;7*1-2;;/h3-15H,1-2H3;4-13H,1-3H3;7*1-2H3;;/q2*-1;;;;;;;;;/b;23-17+;;;;;;;;;. The molecule has 0 aliphatic rings. The van der Waals surface area contributed by atoms with Crippen LogP contribution in [0, 0.1) is 27.7 Å². The van der Waals surface area contributed by atoms with E-state index in [1.807, 2.05) is 140 Å². The molecule has 0 heterocycles. The summed E-state index contributed by atoms with van der Waals surface area (Å²) in [5, 5.41) is 25.1. The van der Waals surface area contributed by atoms with Crippen LogP contribution in [0.25, 0.3) is 32.3 Å². The monoisotopic (exact) mass is 1020 g/mol. The molecule has 0 aromatic heterocycles. The van der Waals surface area contributed by atoms with Gasteiger partial charge in [-0.25, -0.2) is 10.2 Å². The molecule has 4 nitrogen and oxygen atoms in total. The molecule has 0 aliphatic heterocycles. The van der Waals surface area contributed by atoms with Gasteiger partial charge in [-0.15, -0.1) is 23.3 Å². The Morgan fingerprint density at radius 2 is 0.754 bits per heavy atom. The summed E-state index contributed by atoms with van der Waals surface area (Å²) in [7, 11) is 0. The van der Waals surface area contributed by atoms with Gasteiger partial charge >= 0.3 is 0 Å². The summed E-state index contributed by atoms with van der Waals surface area (Å²) in [4.78, 5) is 0. The third-order valence-corrected chi connectivity index (χ3v) is 8.52. The SMILES string of the molecule is C/C(=N\N=[C-]c1cc(C)ccc1C)c1ccc2ccccc2c1.CC.CC.CC.CC.CC.CC.CC.Cc1ccc(C)c([C-]=NN=c2c3ccccc3ccc3ccccc23)c1.[Y].[Y]. The van der Waals surface area contributed by atoms with E-state index in [4.69, 9.17) is 0 Å². The molecule has 7 aromatic rings. The molecule has 0 unspecified atom stereocenters. The second kappa shape index (κ2) is 42.8. The fourth-order valence-electron chi connectivity index (χ4n) is 5.62. The predicted molar refractivity (Wildman–Crippen MR) is 288 cm³/mol. The third-order valence-electron chi connectivity index (χ3n) is 8.52. The van der Waals surface area contributed by atoms with E-state index in [0.29, 0.717) is 0 Å². The minimum absolute atomic E-state index is 0. The number of aryl methyl sites for hydroxylation is 4. The van der Waals surface area contributed by atoms with Crippen LogP contribution in [0.3, 0.4) is 0 Å². The van der Waals surface area contributed by atoms with Gasteiger partial charge in [0.15, 0.2) is 0 Å². The van der Waals surface area contributed by atoms with Crippen molar-refractivity contribution in [1.82, 2.24) is 0 Å². The van der Waals surface area contributed by atoms with E-state index >= 15 is 0 Å². The summed E-state index contributed by atoms with van der Waals surface area (Å²) in [6, 6.07) is 47.9. The molecular weight excluding hydrogens is 942 g/mol. The second-order valence-corrected chi connectivity index (χ2v) is 12.3. The van der Waals surface area contributed by atoms with E-state index in [-0.39, 0.29) is 65.4 Å². The molecule has 0 bridgehead atoms. The molecular formula is C59H80N4Y2-2. The first-order valence-electron chi connectivity index (χ1n) is 23.4. The van der Waals surface area contributed by atoms with Crippen molar-refractivity contribution < 1.29 is 65.4 Å². The van der Waals surface area contributed by atoms with Gasteiger partial charge in [0.2, 0.25) is 0 Å². The van der Waals surface area contributed by atoms with Crippen LogP contribution in [0.5, 0.6) is 0 Å². The predicted octanol–water partition coefficient (Wildman–Crippen LogP) is 17.8. The van der Waals surface area contributed by atoms with Crippen molar-refractivity contribution in [3.63, 3.8) is 0 Å². The molecule has 7 aromatic carbocycles. The summed E-state index contributed by atoms with van der Waals surface area (Å²) in [5.41, 5.74) is 8.60. The largest absolute Gasteiger partial charge is 0.228 e. The third kappa shape index (κ3) is 23.5. The average molecular weight is 1020 g/mol. The van der Waals surface area contributed by atoms with Crippen molar-refractivity contribution in [2.75, 3.05) is 0 Å². The molecule has 65 heavy (non-hydrogen) atoms. The number of fused-ring (bicyclic) bond motifs is 3. The number of benzene rings is 6. The van der Waals surface area contributed by atoms with E-state index in [0.717, 1.165) is 60.4 Å². The van der Waals surface area contributed by atoms with Gasteiger partial charge < -0.3 is 0 Å². The van der Waals surface area contributed by atoms with Gasteiger partial charge in [-0.2, -0.15) is 44.6 Å². The van der Waals surface area contributed by atoms with Crippen LogP contribution in [0.15, 0.2) is 160 Å². The maximum Gasteiger partial charge on any atom is 0.100 e. The number of hydrogen-bond donors (Lipinski definition) is 0. The topological polar surface area (TPSA) is 49.4 Å². The molecule has 0 amide bonds. The molecule has 0 fully saturated rings. The van der Waals surface area contributed by atoms with Crippen molar-refractivity contribution in [1.29, 1.82) is 0 Å². The summed E-state index contributed by atoms with van der Waals surface area (Å²) < 4.78 is 0. The van der Waals surface area contributed by atoms with E-state index in [1.165, 1.54) is 21.9 Å². The van der Waals surface area contributed by atoms with Gasteiger partial charge in [-0.1, -0.05) is 234 Å². The van der Waals surface area contributed by atoms with E-state index in [2.05, 4.69) is 164 Å². The van der Waals surface area contributed by atoms with Gasteiger partial charge in [-0.05, 0) is 52.5 Å². The summed E-state index contributed by atoms with van der Waals surface area (Å²) >= 11 is 0. The molecule has 6 heteroatoms. The van der Waals surface area contributed by atoms with Crippen molar-refractivity contribution in [3.8, 4) is 0 Å². The molecule has 0 N–H and O–H groups in total. The minimum Gasteiger partial charge on any atom is -0.228 e. The van der Waals surface area contributed by atoms with Crippen LogP contribution >= 0.6 is 0 Å². The molecule has 7 rings (SSSR count). The summed E-state index contributed by atoms with van der Waals surface area (Å²) in [6.45, 7) is 38.2. The van der Waals surface area contributed by atoms with Crippen molar-refractivity contribution >= 4 is 50.5 Å². The molecule has 0 saturated carbocycles. The molecule has 2 radical (unpaired) electrons.